The molecule has 16 heteroatoms. The van der Waals surface area contributed by atoms with Gasteiger partial charge in [-0.05, 0) is 78.9 Å². The molecule has 0 aromatic heterocycles. The molecular formula is C28H30N6O8S2. The fraction of sp³-hybridized carbons (Fsp3) is 0.214. The van der Waals surface area contributed by atoms with E-state index >= 15 is 0 Å². The fourth-order valence-corrected chi connectivity index (χ4v) is 6.43. The number of aryl methyl sites for hydroxylation is 2. The highest BCUT2D eigenvalue weighted by Crippen LogP contribution is 2.43. The van der Waals surface area contributed by atoms with Gasteiger partial charge in [0, 0.05) is 24.2 Å². The first-order chi connectivity index (χ1) is 20.8. The molecule has 0 radical (unpaired) electrons. The first-order valence-corrected chi connectivity index (χ1v) is 15.9. The summed E-state index contributed by atoms with van der Waals surface area (Å²) in [4.78, 5) is -0.664. The summed E-state index contributed by atoms with van der Waals surface area (Å²) in [5, 5.41) is 46.1. The monoisotopic (exact) mass is 642 g/mol. The summed E-state index contributed by atoms with van der Waals surface area (Å²) in [5.41, 5.74) is 8.05. The van der Waals surface area contributed by atoms with E-state index < -0.39 is 49.7 Å². The molecule has 0 aliphatic heterocycles. The summed E-state index contributed by atoms with van der Waals surface area (Å²) in [6.07, 6.45) is 0. The SMILES string of the molecule is Cc1cc(/N=N/c2c(S(=O)(=O)O)cc3cccc(N)c3c2O)c(C)cc1/N=N/c1ccc(S(=O)(=O)N(CCO)CCO)cc1. The van der Waals surface area contributed by atoms with Crippen LogP contribution in [0.3, 0.4) is 0 Å². The van der Waals surface area contributed by atoms with Crippen molar-refractivity contribution in [1.29, 1.82) is 0 Å². The van der Waals surface area contributed by atoms with Crippen molar-refractivity contribution in [3.8, 4) is 5.75 Å². The number of sulfonamides is 1. The summed E-state index contributed by atoms with van der Waals surface area (Å²) in [7, 11) is -8.71. The van der Waals surface area contributed by atoms with E-state index in [2.05, 4.69) is 20.5 Å². The Kier molecular flexibility index (Phi) is 9.72. The maximum Gasteiger partial charge on any atom is 0.296 e. The van der Waals surface area contributed by atoms with Gasteiger partial charge in [0.2, 0.25) is 10.0 Å². The van der Waals surface area contributed by atoms with Crippen LogP contribution in [0.25, 0.3) is 10.8 Å². The number of phenols is 1. The molecule has 0 bridgehead atoms. The molecule has 0 fully saturated rings. The van der Waals surface area contributed by atoms with Crippen molar-refractivity contribution in [3.63, 3.8) is 0 Å². The lowest BCUT2D eigenvalue weighted by Gasteiger charge is -2.20. The van der Waals surface area contributed by atoms with Gasteiger partial charge in [-0.3, -0.25) is 4.55 Å². The van der Waals surface area contributed by atoms with Gasteiger partial charge in [0.1, 0.15) is 10.6 Å². The number of hydrogen-bond donors (Lipinski definition) is 5. The number of anilines is 1. The summed E-state index contributed by atoms with van der Waals surface area (Å²) in [5.74, 6) is -0.551. The summed E-state index contributed by atoms with van der Waals surface area (Å²) >= 11 is 0. The molecule has 0 unspecified atom stereocenters. The lowest BCUT2D eigenvalue weighted by molar-refractivity contribution is 0.217. The van der Waals surface area contributed by atoms with Crippen LogP contribution in [0.5, 0.6) is 5.75 Å². The van der Waals surface area contributed by atoms with Gasteiger partial charge in [0.15, 0.2) is 5.75 Å². The Morgan fingerprint density at radius 1 is 0.795 bits per heavy atom. The maximum absolute atomic E-state index is 12.8. The van der Waals surface area contributed by atoms with Crippen LogP contribution in [0, 0.1) is 13.8 Å². The number of aliphatic hydroxyl groups is 2. The van der Waals surface area contributed by atoms with Gasteiger partial charge >= 0.3 is 0 Å². The number of fused-ring (bicyclic) bond motifs is 1. The van der Waals surface area contributed by atoms with Crippen molar-refractivity contribution in [2.24, 2.45) is 20.5 Å². The topological polar surface area (TPSA) is 228 Å². The molecule has 0 aliphatic rings. The molecule has 0 heterocycles. The van der Waals surface area contributed by atoms with Gasteiger partial charge in [-0.1, -0.05) is 12.1 Å². The average molecular weight is 643 g/mol. The molecule has 0 aliphatic carbocycles. The number of rotatable bonds is 11. The van der Waals surface area contributed by atoms with Crippen LogP contribution in [0.1, 0.15) is 11.1 Å². The van der Waals surface area contributed by atoms with Gasteiger partial charge < -0.3 is 21.1 Å². The normalized spacial score (nSPS) is 12.7. The number of nitrogen functional groups attached to an aromatic ring is 1. The number of benzene rings is 4. The van der Waals surface area contributed by atoms with Crippen LogP contribution < -0.4 is 5.73 Å². The third-order valence-electron chi connectivity index (χ3n) is 6.61. The molecule has 4 aromatic carbocycles. The Bertz CT molecular complexity index is 1970. The van der Waals surface area contributed by atoms with E-state index in [1.54, 1.807) is 32.0 Å². The molecule has 0 atom stereocenters. The maximum atomic E-state index is 12.8. The number of aliphatic hydroxyl groups excluding tert-OH is 2. The highest BCUT2D eigenvalue weighted by atomic mass is 32.2. The highest BCUT2D eigenvalue weighted by molar-refractivity contribution is 7.89. The van der Waals surface area contributed by atoms with Gasteiger partial charge in [-0.25, -0.2) is 8.42 Å². The number of azo groups is 2. The summed E-state index contributed by atoms with van der Waals surface area (Å²) < 4.78 is 60.5. The average Bonchev–Trinajstić information content (AvgIpc) is 2.96. The van der Waals surface area contributed by atoms with Crippen LogP contribution >= 0.6 is 0 Å². The molecule has 14 nitrogen and oxygen atoms in total. The number of nitrogens with zero attached hydrogens (tertiary/aromatic N) is 5. The van der Waals surface area contributed by atoms with Crippen LogP contribution in [0.15, 0.2) is 90.9 Å². The molecule has 0 amide bonds. The third-order valence-corrected chi connectivity index (χ3v) is 9.39. The minimum Gasteiger partial charge on any atom is -0.505 e. The van der Waals surface area contributed by atoms with Crippen LogP contribution in [0.4, 0.5) is 28.4 Å². The lowest BCUT2D eigenvalue weighted by atomic mass is 10.1. The molecule has 44 heavy (non-hydrogen) atoms. The fourth-order valence-electron chi connectivity index (χ4n) is 4.35. The number of hydrogen-bond acceptors (Lipinski definition) is 12. The number of nitrogens with two attached hydrogens (primary N) is 1. The van der Waals surface area contributed by atoms with Crippen molar-refractivity contribution in [1.82, 2.24) is 4.31 Å². The quantitative estimate of drug-likeness (QED) is 0.0858. The zero-order chi connectivity index (χ0) is 32.2. The van der Waals surface area contributed by atoms with Crippen LogP contribution in [-0.2, 0) is 20.1 Å². The van der Waals surface area contributed by atoms with E-state index in [0.717, 1.165) is 10.4 Å². The van der Waals surface area contributed by atoms with E-state index in [-0.39, 0.29) is 34.4 Å². The summed E-state index contributed by atoms with van der Waals surface area (Å²) in [6.45, 7) is 2.35. The largest absolute Gasteiger partial charge is 0.505 e. The van der Waals surface area contributed by atoms with E-state index in [9.17, 15) is 26.5 Å². The van der Waals surface area contributed by atoms with Gasteiger partial charge in [-0.15, -0.1) is 5.11 Å². The third kappa shape index (κ3) is 6.91. The van der Waals surface area contributed by atoms with Crippen molar-refractivity contribution < 1.29 is 36.7 Å². The zero-order valence-electron chi connectivity index (χ0n) is 23.7. The second-order valence-corrected chi connectivity index (χ2v) is 13.0. The van der Waals surface area contributed by atoms with E-state index in [0.29, 0.717) is 28.2 Å². The van der Waals surface area contributed by atoms with Crippen molar-refractivity contribution in [3.05, 3.63) is 71.8 Å². The first-order valence-electron chi connectivity index (χ1n) is 13.1. The molecule has 0 saturated carbocycles. The molecule has 232 valence electrons. The Hall–Kier alpha value is -4.32. The van der Waals surface area contributed by atoms with Crippen LogP contribution in [0.2, 0.25) is 0 Å². The Balaban J connectivity index is 1.62. The molecule has 0 spiro atoms. The zero-order valence-corrected chi connectivity index (χ0v) is 25.3. The predicted molar refractivity (Wildman–Crippen MR) is 163 cm³/mol. The smallest absolute Gasteiger partial charge is 0.296 e. The Morgan fingerprint density at radius 3 is 1.91 bits per heavy atom. The minimum atomic E-state index is -4.78. The van der Waals surface area contributed by atoms with Gasteiger partial charge in [0.25, 0.3) is 10.1 Å². The first kappa shape index (κ1) is 32.6. The molecular weight excluding hydrogens is 612 g/mol. The van der Waals surface area contributed by atoms with E-state index in [4.69, 9.17) is 15.9 Å². The summed E-state index contributed by atoms with van der Waals surface area (Å²) in [6, 6.07) is 14.7. The Morgan fingerprint density at radius 2 is 1.36 bits per heavy atom. The second kappa shape index (κ2) is 13.1. The minimum absolute atomic E-state index is 0.0302. The lowest BCUT2D eigenvalue weighted by Crippen LogP contribution is -2.35. The van der Waals surface area contributed by atoms with Crippen molar-refractivity contribution in [2.75, 3.05) is 32.0 Å². The Labute approximate surface area is 253 Å². The van der Waals surface area contributed by atoms with Crippen LogP contribution in [-0.4, -0.2) is 67.3 Å². The molecule has 4 rings (SSSR count). The number of aromatic hydroxyl groups is 1. The standard InChI is InChI=1S/C28H30N6O8S2/c1-17-15-24(32-33-27-25(44(40,41)42)16-19-4-3-5-22(29)26(19)28(27)37)18(2)14-23(17)31-30-20-6-8-21(9-7-20)43(38,39)34(10-12-35)11-13-36/h3-9,14-16,35-37H,10-13,29H2,1-2H3,(H,40,41,42)/b31-30+,33-32+. The van der Waals surface area contributed by atoms with Gasteiger partial charge in [0.05, 0.1) is 35.2 Å². The molecule has 6 N–H and O–H groups in total. The van der Waals surface area contributed by atoms with E-state index in [1.165, 1.54) is 36.4 Å². The highest BCUT2D eigenvalue weighted by Gasteiger charge is 2.24. The van der Waals surface area contributed by atoms with Crippen molar-refractivity contribution in [2.45, 2.75) is 23.6 Å². The van der Waals surface area contributed by atoms with Crippen molar-refractivity contribution >= 4 is 59.4 Å². The molecule has 4 aromatic rings. The van der Waals surface area contributed by atoms with Gasteiger partial charge in [-0.2, -0.15) is 28.1 Å². The van der Waals surface area contributed by atoms with E-state index in [1.807, 2.05) is 0 Å². The predicted octanol–water partition coefficient (Wildman–Crippen LogP) is 4.80. The number of phenolic OH excluding ortho intramolecular Hbond substituents is 1. The molecule has 0 saturated heterocycles. The second-order valence-electron chi connectivity index (χ2n) is 9.66.